The lowest BCUT2D eigenvalue weighted by atomic mass is 10.2. The maximum atomic E-state index is 8.82. The van der Waals surface area contributed by atoms with Crippen LogP contribution in [0.15, 0.2) is 22.7 Å². The van der Waals surface area contributed by atoms with Crippen molar-refractivity contribution >= 4 is 21.6 Å². The number of nitrogens with zero attached hydrogens (tertiary/aromatic N) is 2. The highest BCUT2D eigenvalue weighted by Crippen LogP contribution is 2.34. The molecule has 0 unspecified atom stereocenters. The van der Waals surface area contributed by atoms with Crippen LogP contribution in [0.25, 0.3) is 0 Å². The molecular weight excluding hydrogens is 264 g/mol. The van der Waals surface area contributed by atoms with Crippen LogP contribution in [0.5, 0.6) is 0 Å². The van der Waals surface area contributed by atoms with Crippen molar-refractivity contribution < 1.29 is 0 Å². The van der Waals surface area contributed by atoms with E-state index in [2.05, 4.69) is 33.8 Å². The number of rotatable bonds is 4. The number of benzene rings is 1. The van der Waals surface area contributed by atoms with Crippen LogP contribution in [0.3, 0.4) is 0 Å². The number of anilines is 1. The van der Waals surface area contributed by atoms with Crippen LogP contribution in [0.2, 0.25) is 0 Å². The molecule has 0 aromatic heterocycles. The fourth-order valence-corrected chi connectivity index (χ4v) is 2.47. The van der Waals surface area contributed by atoms with E-state index in [0.29, 0.717) is 5.56 Å². The van der Waals surface area contributed by atoms with Gasteiger partial charge in [-0.3, -0.25) is 0 Å². The van der Waals surface area contributed by atoms with Crippen molar-refractivity contribution in [2.75, 3.05) is 18.0 Å². The molecule has 1 aliphatic carbocycles. The zero-order valence-electron chi connectivity index (χ0n) is 9.41. The molecule has 84 valence electrons. The summed E-state index contributed by atoms with van der Waals surface area (Å²) in [4.78, 5) is 2.38. The Bertz CT molecular complexity index is 418. The summed E-state index contributed by atoms with van der Waals surface area (Å²) in [6, 6.07) is 7.97. The van der Waals surface area contributed by atoms with Crippen molar-refractivity contribution in [1.82, 2.24) is 0 Å². The minimum absolute atomic E-state index is 0.707. The van der Waals surface area contributed by atoms with E-state index >= 15 is 0 Å². The van der Waals surface area contributed by atoms with Crippen LogP contribution in [-0.2, 0) is 0 Å². The van der Waals surface area contributed by atoms with Gasteiger partial charge in [-0.25, -0.2) is 0 Å². The second kappa shape index (κ2) is 4.88. The van der Waals surface area contributed by atoms with Gasteiger partial charge in [0, 0.05) is 17.6 Å². The van der Waals surface area contributed by atoms with Gasteiger partial charge in [-0.2, -0.15) is 5.26 Å². The van der Waals surface area contributed by atoms with Gasteiger partial charge in [-0.1, -0.05) is 0 Å². The molecule has 0 bridgehead atoms. The smallest absolute Gasteiger partial charge is 0.0992 e. The van der Waals surface area contributed by atoms with Gasteiger partial charge >= 0.3 is 0 Å². The molecule has 1 saturated carbocycles. The Kier molecular flexibility index (Phi) is 3.50. The highest BCUT2D eigenvalue weighted by molar-refractivity contribution is 9.10. The zero-order chi connectivity index (χ0) is 11.5. The highest BCUT2D eigenvalue weighted by Gasteiger charge is 2.24. The summed E-state index contributed by atoms with van der Waals surface area (Å²) in [5.74, 6) is 0.877. The first-order chi connectivity index (χ1) is 7.74. The molecule has 2 rings (SSSR count). The first kappa shape index (κ1) is 11.5. The van der Waals surface area contributed by atoms with Gasteiger partial charge in [0.2, 0.25) is 0 Å². The summed E-state index contributed by atoms with van der Waals surface area (Å²) >= 11 is 3.55. The van der Waals surface area contributed by atoms with Gasteiger partial charge in [-0.05, 0) is 59.8 Å². The van der Waals surface area contributed by atoms with Crippen molar-refractivity contribution in [1.29, 1.82) is 5.26 Å². The second-order valence-corrected chi connectivity index (χ2v) is 5.11. The van der Waals surface area contributed by atoms with E-state index in [0.717, 1.165) is 23.5 Å². The fourth-order valence-electron chi connectivity index (χ4n) is 1.84. The Labute approximate surface area is 105 Å². The first-order valence-corrected chi connectivity index (χ1v) is 6.48. The van der Waals surface area contributed by atoms with E-state index in [1.165, 1.54) is 18.5 Å². The van der Waals surface area contributed by atoms with Crippen LogP contribution in [-0.4, -0.2) is 13.1 Å². The Morgan fingerprint density at radius 3 is 2.75 bits per heavy atom. The van der Waals surface area contributed by atoms with E-state index in [-0.39, 0.29) is 0 Å². The summed E-state index contributed by atoms with van der Waals surface area (Å²) < 4.78 is 1.02. The van der Waals surface area contributed by atoms with Gasteiger partial charge in [0.05, 0.1) is 17.3 Å². The lowest BCUT2D eigenvalue weighted by Crippen LogP contribution is -2.25. The quantitative estimate of drug-likeness (QED) is 0.842. The maximum absolute atomic E-state index is 8.82. The van der Waals surface area contributed by atoms with E-state index in [1.54, 1.807) is 0 Å². The average molecular weight is 279 g/mol. The molecule has 0 atom stereocenters. The fraction of sp³-hybridized carbons (Fsp3) is 0.462. The molecule has 3 heteroatoms. The first-order valence-electron chi connectivity index (χ1n) is 5.69. The summed E-state index contributed by atoms with van der Waals surface area (Å²) in [6.07, 6.45) is 2.73. The van der Waals surface area contributed by atoms with E-state index in [4.69, 9.17) is 5.26 Å². The molecule has 0 saturated heterocycles. The molecule has 2 nitrogen and oxygen atoms in total. The lowest BCUT2D eigenvalue weighted by Gasteiger charge is -2.24. The van der Waals surface area contributed by atoms with Crippen molar-refractivity contribution in [3.05, 3.63) is 28.2 Å². The minimum Gasteiger partial charge on any atom is -0.371 e. The third kappa shape index (κ3) is 2.56. The van der Waals surface area contributed by atoms with E-state index in [1.807, 2.05) is 18.2 Å². The topological polar surface area (TPSA) is 27.0 Å². The predicted octanol–water partition coefficient (Wildman–Crippen LogP) is 3.56. The Morgan fingerprint density at radius 1 is 1.50 bits per heavy atom. The Balaban J connectivity index is 2.20. The molecule has 1 aromatic rings. The second-order valence-electron chi connectivity index (χ2n) is 4.26. The van der Waals surface area contributed by atoms with Gasteiger partial charge in [0.1, 0.15) is 0 Å². The molecule has 16 heavy (non-hydrogen) atoms. The molecule has 0 spiro atoms. The molecule has 1 fully saturated rings. The van der Waals surface area contributed by atoms with Crippen molar-refractivity contribution in [3.63, 3.8) is 0 Å². The van der Waals surface area contributed by atoms with Gasteiger partial charge in [-0.15, -0.1) is 0 Å². The van der Waals surface area contributed by atoms with Crippen LogP contribution in [0.1, 0.15) is 25.3 Å². The molecule has 1 aromatic carbocycles. The SMILES string of the molecule is CCN(CC1CC1)c1ccc(C#N)cc1Br. The number of hydrogen-bond donors (Lipinski definition) is 0. The zero-order valence-corrected chi connectivity index (χ0v) is 11.0. The highest BCUT2D eigenvalue weighted by atomic mass is 79.9. The summed E-state index contributed by atoms with van der Waals surface area (Å²) in [5.41, 5.74) is 1.91. The molecule has 0 amide bonds. The van der Waals surface area contributed by atoms with Gasteiger partial charge < -0.3 is 4.90 Å². The summed E-state index contributed by atoms with van der Waals surface area (Å²) in [7, 11) is 0. The maximum Gasteiger partial charge on any atom is 0.0992 e. The van der Waals surface area contributed by atoms with Gasteiger partial charge in [0.15, 0.2) is 0 Å². The monoisotopic (exact) mass is 278 g/mol. The van der Waals surface area contributed by atoms with Gasteiger partial charge in [0.25, 0.3) is 0 Å². The van der Waals surface area contributed by atoms with Crippen molar-refractivity contribution in [2.45, 2.75) is 19.8 Å². The average Bonchev–Trinajstić information content (AvgIpc) is 3.10. The van der Waals surface area contributed by atoms with E-state index in [9.17, 15) is 0 Å². The van der Waals surface area contributed by atoms with Crippen molar-refractivity contribution in [2.24, 2.45) is 5.92 Å². The number of hydrogen-bond acceptors (Lipinski definition) is 2. The summed E-state index contributed by atoms with van der Waals surface area (Å²) in [6.45, 7) is 4.33. The molecule has 0 aliphatic heterocycles. The third-order valence-corrected chi connectivity index (χ3v) is 3.61. The molecule has 1 aliphatic rings. The van der Waals surface area contributed by atoms with Crippen LogP contribution in [0, 0.1) is 17.2 Å². The Morgan fingerprint density at radius 2 is 2.25 bits per heavy atom. The lowest BCUT2D eigenvalue weighted by molar-refractivity contribution is 0.741. The van der Waals surface area contributed by atoms with Crippen LogP contribution < -0.4 is 4.90 Å². The standard InChI is InChI=1S/C13H15BrN2/c1-2-16(9-10-3-4-10)13-6-5-11(8-15)7-12(13)14/h5-7,10H,2-4,9H2,1H3. The minimum atomic E-state index is 0.707. The summed E-state index contributed by atoms with van der Waals surface area (Å²) in [5, 5.41) is 8.82. The molecule has 0 radical (unpaired) electrons. The van der Waals surface area contributed by atoms with Crippen LogP contribution >= 0.6 is 15.9 Å². The van der Waals surface area contributed by atoms with Crippen molar-refractivity contribution in [3.8, 4) is 6.07 Å². The van der Waals surface area contributed by atoms with E-state index < -0.39 is 0 Å². The largest absolute Gasteiger partial charge is 0.371 e. The van der Waals surface area contributed by atoms with Crippen LogP contribution in [0.4, 0.5) is 5.69 Å². The molecule has 0 heterocycles. The number of nitriles is 1. The molecular formula is C13H15BrN2. The predicted molar refractivity (Wildman–Crippen MR) is 69.5 cm³/mol. The Hall–Kier alpha value is -1.01. The normalized spacial score (nSPS) is 14.6. The third-order valence-electron chi connectivity index (χ3n) is 2.97. The molecule has 0 N–H and O–H groups in total. The number of halogens is 1.